The Balaban J connectivity index is 2.09. The van der Waals surface area contributed by atoms with Crippen molar-refractivity contribution in [3.63, 3.8) is 0 Å². The van der Waals surface area contributed by atoms with Crippen LogP contribution in [0.25, 0.3) is 22.2 Å². The third-order valence-electron chi connectivity index (χ3n) is 4.33. The number of hydrogen-bond acceptors (Lipinski definition) is 6. The van der Waals surface area contributed by atoms with Gasteiger partial charge in [0.2, 0.25) is 9.84 Å². The van der Waals surface area contributed by atoms with Crippen LogP contribution in [0.4, 0.5) is 0 Å². The molecule has 3 heterocycles. The molecule has 0 spiro atoms. The SMILES string of the molecule is Cc1ccc(S(=O)(=O)c2c(-c3c(C)noc3C)cnc3cn[nH]c23)cc1. The summed E-state index contributed by atoms with van der Waals surface area (Å²) in [5, 5.41) is 10.7. The summed E-state index contributed by atoms with van der Waals surface area (Å²) in [7, 11) is -3.82. The lowest BCUT2D eigenvalue weighted by molar-refractivity contribution is 0.393. The molecule has 4 rings (SSSR count). The van der Waals surface area contributed by atoms with Crippen molar-refractivity contribution in [3.05, 3.63) is 53.7 Å². The molecule has 0 saturated carbocycles. The predicted octanol–water partition coefficient (Wildman–Crippen LogP) is 3.37. The zero-order valence-electron chi connectivity index (χ0n) is 14.4. The number of aryl methyl sites for hydroxylation is 3. The van der Waals surface area contributed by atoms with Crippen molar-refractivity contribution in [2.45, 2.75) is 30.6 Å². The molecular weight excluding hydrogens is 352 g/mol. The van der Waals surface area contributed by atoms with Crippen LogP contribution in [0, 0.1) is 20.8 Å². The first-order valence-corrected chi connectivity index (χ1v) is 9.45. The van der Waals surface area contributed by atoms with Crippen molar-refractivity contribution >= 4 is 20.9 Å². The maximum Gasteiger partial charge on any atom is 0.209 e. The lowest BCUT2D eigenvalue weighted by Crippen LogP contribution is -2.06. The second-order valence-electron chi connectivity index (χ2n) is 6.15. The average molecular weight is 368 g/mol. The van der Waals surface area contributed by atoms with Gasteiger partial charge < -0.3 is 4.52 Å². The van der Waals surface area contributed by atoms with Crippen LogP contribution in [0.5, 0.6) is 0 Å². The number of sulfone groups is 1. The zero-order valence-corrected chi connectivity index (χ0v) is 15.3. The lowest BCUT2D eigenvalue weighted by Gasteiger charge is -2.11. The van der Waals surface area contributed by atoms with Crippen molar-refractivity contribution in [1.82, 2.24) is 20.3 Å². The predicted molar refractivity (Wildman–Crippen MR) is 95.5 cm³/mol. The summed E-state index contributed by atoms with van der Waals surface area (Å²) < 4.78 is 32.2. The number of aromatic nitrogens is 4. The van der Waals surface area contributed by atoms with Crippen molar-refractivity contribution < 1.29 is 12.9 Å². The number of fused-ring (bicyclic) bond motifs is 1. The monoisotopic (exact) mass is 368 g/mol. The summed E-state index contributed by atoms with van der Waals surface area (Å²) in [4.78, 5) is 4.66. The molecule has 132 valence electrons. The van der Waals surface area contributed by atoms with Gasteiger partial charge >= 0.3 is 0 Å². The molecule has 0 bridgehead atoms. The molecule has 0 saturated heterocycles. The average Bonchev–Trinajstić information content (AvgIpc) is 3.20. The third kappa shape index (κ3) is 2.41. The van der Waals surface area contributed by atoms with Gasteiger partial charge in [-0.2, -0.15) is 5.10 Å². The fourth-order valence-electron chi connectivity index (χ4n) is 3.03. The molecule has 0 atom stereocenters. The van der Waals surface area contributed by atoms with Gasteiger partial charge in [-0.1, -0.05) is 22.9 Å². The zero-order chi connectivity index (χ0) is 18.5. The second kappa shape index (κ2) is 5.77. The number of benzene rings is 1. The molecule has 8 heteroatoms. The summed E-state index contributed by atoms with van der Waals surface area (Å²) in [5.74, 6) is 0.531. The number of pyridine rings is 1. The van der Waals surface area contributed by atoms with Gasteiger partial charge in [0.05, 0.1) is 22.3 Å². The van der Waals surface area contributed by atoms with Crippen LogP contribution in [0.3, 0.4) is 0 Å². The standard InChI is InChI=1S/C18H16N4O3S/c1-10-4-6-13(7-5-10)26(23,24)18-14(16-11(2)22-25-12(16)3)8-19-15-9-20-21-17(15)18/h4-9H,1-3H3,(H,20,21). The minimum absolute atomic E-state index is 0.123. The maximum atomic E-state index is 13.5. The molecule has 26 heavy (non-hydrogen) atoms. The van der Waals surface area contributed by atoms with Gasteiger partial charge in [-0.15, -0.1) is 0 Å². The Morgan fingerprint density at radius 2 is 1.77 bits per heavy atom. The van der Waals surface area contributed by atoms with E-state index in [0.717, 1.165) is 5.56 Å². The minimum atomic E-state index is -3.82. The normalized spacial score (nSPS) is 12.0. The molecule has 0 amide bonds. The third-order valence-corrected chi connectivity index (χ3v) is 6.18. The van der Waals surface area contributed by atoms with Crippen LogP contribution in [0.1, 0.15) is 17.0 Å². The van der Waals surface area contributed by atoms with Gasteiger partial charge in [0.25, 0.3) is 0 Å². The number of hydrogen-bond donors (Lipinski definition) is 1. The minimum Gasteiger partial charge on any atom is -0.361 e. The molecule has 1 aromatic carbocycles. The Morgan fingerprint density at radius 1 is 1.04 bits per heavy atom. The lowest BCUT2D eigenvalue weighted by atomic mass is 10.1. The van der Waals surface area contributed by atoms with Gasteiger partial charge in [-0.05, 0) is 32.9 Å². The van der Waals surface area contributed by atoms with Gasteiger partial charge in [0.1, 0.15) is 21.7 Å². The van der Waals surface area contributed by atoms with Crippen molar-refractivity contribution in [1.29, 1.82) is 0 Å². The smallest absolute Gasteiger partial charge is 0.209 e. The van der Waals surface area contributed by atoms with Crippen LogP contribution in [-0.2, 0) is 9.84 Å². The Hall–Kier alpha value is -3.00. The van der Waals surface area contributed by atoms with Crippen LogP contribution in [0.15, 0.2) is 51.0 Å². The topological polar surface area (TPSA) is 102 Å². The van der Waals surface area contributed by atoms with E-state index in [0.29, 0.717) is 33.6 Å². The molecule has 0 fully saturated rings. The van der Waals surface area contributed by atoms with Crippen LogP contribution >= 0.6 is 0 Å². The molecule has 0 aliphatic carbocycles. The van der Waals surface area contributed by atoms with Crippen molar-refractivity contribution in [3.8, 4) is 11.1 Å². The second-order valence-corrected chi connectivity index (χ2v) is 8.03. The highest BCUT2D eigenvalue weighted by Crippen LogP contribution is 2.37. The highest BCUT2D eigenvalue weighted by atomic mass is 32.2. The van der Waals surface area contributed by atoms with Crippen molar-refractivity contribution in [2.24, 2.45) is 0 Å². The molecule has 1 N–H and O–H groups in total. The van der Waals surface area contributed by atoms with Crippen LogP contribution < -0.4 is 0 Å². The van der Waals surface area contributed by atoms with E-state index in [2.05, 4.69) is 20.3 Å². The first kappa shape index (κ1) is 16.5. The highest BCUT2D eigenvalue weighted by molar-refractivity contribution is 7.91. The van der Waals surface area contributed by atoms with E-state index in [1.54, 1.807) is 38.1 Å². The number of H-pyrrole nitrogens is 1. The first-order valence-electron chi connectivity index (χ1n) is 7.96. The van der Waals surface area contributed by atoms with Gasteiger partial charge in [-0.25, -0.2) is 8.42 Å². The Bertz CT molecular complexity index is 1200. The quantitative estimate of drug-likeness (QED) is 0.595. The number of aromatic amines is 1. The van der Waals surface area contributed by atoms with E-state index in [9.17, 15) is 8.42 Å². The Kier molecular flexibility index (Phi) is 3.66. The fourth-order valence-corrected chi connectivity index (χ4v) is 4.63. The largest absolute Gasteiger partial charge is 0.361 e. The molecule has 3 aromatic heterocycles. The summed E-state index contributed by atoms with van der Waals surface area (Å²) >= 11 is 0. The Labute approximate surface area is 150 Å². The first-order chi connectivity index (χ1) is 12.4. The summed E-state index contributed by atoms with van der Waals surface area (Å²) in [6, 6.07) is 6.75. The molecule has 7 nitrogen and oxygen atoms in total. The van der Waals surface area contributed by atoms with Gasteiger partial charge in [-0.3, -0.25) is 10.1 Å². The summed E-state index contributed by atoms with van der Waals surface area (Å²) in [5.41, 5.74) is 3.49. The number of nitrogens with one attached hydrogen (secondary N) is 1. The molecule has 4 aromatic rings. The van der Waals surface area contributed by atoms with Crippen LogP contribution in [0.2, 0.25) is 0 Å². The number of nitrogens with zero attached hydrogens (tertiary/aromatic N) is 3. The van der Waals surface area contributed by atoms with E-state index in [1.807, 2.05) is 6.92 Å². The van der Waals surface area contributed by atoms with E-state index in [1.165, 1.54) is 12.4 Å². The van der Waals surface area contributed by atoms with E-state index < -0.39 is 9.84 Å². The molecular formula is C18H16N4O3S. The van der Waals surface area contributed by atoms with E-state index in [4.69, 9.17) is 4.52 Å². The molecule has 0 unspecified atom stereocenters. The summed E-state index contributed by atoms with van der Waals surface area (Å²) in [6.07, 6.45) is 3.03. The molecule has 0 aliphatic heterocycles. The van der Waals surface area contributed by atoms with E-state index >= 15 is 0 Å². The van der Waals surface area contributed by atoms with Crippen LogP contribution in [-0.4, -0.2) is 28.8 Å². The number of rotatable bonds is 3. The highest BCUT2D eigenvalue weighted by Gasteiger charge is 2.29. The maximum absolute atomic E-state index is 13.5. The fraction of sp³-hybridized carbons (Fsp3) is 0.167. The van der Waals surface area contributed by atoms with Gasteiger partial charge in [0, 0.05) is 11.8 Å². The van der Waals surface area contributed by atoms with E-state index in [-0.39, 0.29) is 9.79 Å². The summed E-state index contributed by atoms with van der Waals surface area (Å²) in [6.45, 7) is 5.42. The Morgan fingerprint density at radius 3 is 2.42 bits per heavy atom. The van der Waals surface area contributed by atoms with Gasteiger partial charge in [0.15, 0.2) is 0 Å². The molecule has 0 radical (unpaired) electrons. The van der Waals surface area contributed by atoms with Crippen molar-refractivity contribution in [2.75, 3.05) is 0 Å². The molecule has 0 aliphatic rings.